The highest BCUT2D eigenvalue weighted by molar-refractivity contribution is 6.30. The Morgan fingerprint density at radius 1 is 1.17 bits per heavy atom. The fraction of sp³-hybridized carbons (Fsp3) is 0.217. The average Bonchev–Trinajstić information content (AvgIpc) is 3.21. The zero-order chi connectivity index (χ0) is 24.9. The molecule has 3 N–H and O–H groups in total. The van der Waals surface area contributed by atoms with E-state index in [9.17, 15) is 14.7 Å². The summed E-state index contributed by atoms with van der Waals surface area (Å²) >= 11 is 5.88. The van der Waals surface area contributed by atoms with Crippen LogP contribution in [0.1, 0.15) is 5.56 Å². The number of imidazole rings is 1. The van der Waals surface area contributed by atoms with E-state index in [0.717, 1.165) is 5.56 Å². The quantitative estimate of drug-likeness (QED) is 0.237. The molecule has 0 radical (unpaired) electrons. The molecule has 0 aliphatic heterocycles. The lowest BCUT2D eigenvalue weighted by Crippen LogP contribution is -2.30. The molecule has 0 bridgehead atoms. The van der Waals surface area contributed by atoms with Crippen molar-refractivity contribution in [1.29, 1.82) is 0 Å². The van der Waals surface area contributed by atoms with Gasteiger partial charge in [0, 0.05) is 12.1 Å². The maximum atomic E-state index is 12.6. The lowest BCUT2D eigenvalue weighted by Gasteiger charge is -2.15. The third-order valence-corrected chi connectivity index (χ3v) is 5.40. The highest BCUT2D eigenvalue weighted by Gasteiger charge is 2.20. The fourth-order valence-electron chi connectivity index (χ4n) is 3.34. The molecule has 0 amide bonds. The van der Waals surface area contributed by atoms with Crippen LogP contribution in [0.2, 0.25) is 5.02 Å². The summed E-state index contributed by atoms with van der Waals surface area (Å²) in [5.74, 6) is 1.42. The molecular weight excluding hydrogens is 476 g/mol. The molecule has 0 saturated carbocycles. The third kappa shape index (κ3) is 5.53. The summed E-state index contributed by atoms with van der Waals surface area (Å²) in [6.07, 6.45) is 0.553. The first-order valence-corrected chi connectivity index (χ1v) is 10.9. The first-order chi connectivity index (χ1) is 16.9. The van der Waals surface area contributed by atoms with E-state index in [1.165, 1.54) is 16.2 Å². The van der Waals surface area contributed by atoms with E-state index < -0.39 is 17.4 Å². The summed E-state index contributed by atoms with van der Waals surface area (Å²) in [5, 5.41) is 15.4. The lowest BCUT2D eigenvalue weighted by molar-refractivity contribution is 0.0938. The van der Waals surface area contributed by atoms with Gasteiger partial charge in [-0.2, -0.15) is 10.1 Å². The molecule has 0 aliphatic rings. The van der Waals surface area contributed by atoms with Gasteiger partial charge in [0.2, 0.25) is 5.95 Å². The number of aliphatic hydroxyl groups is 1. The molecule has 1 unspecified atom stereocenters. The van der Waals surface area contributed by atoms with Crippen molar-refractivity contribution in [2.24, 2.45) is 12.1 Å². The van der Waals surface area contributed by atoms with Crippen LogP contribution in [0.25, 0.3) is 11.2 Å². The van der Waals surface area contributed by atoms with Crippen LogP contribution in [0, 0.1) is 0 Å². The normalized spacial score (nSPS) is 12.2. The summed E-state index contributed by atoms with van der Waals surface area (Å²) in [5.41, 5.74) is 2.61. The first-order valence-electron chi connectivity index (χ1n) is 10.5. The number of ether oxygens (including phenoxy) is 2. The van der Waals surface area contributed by atoms with Gasteiger partial charge in [0.25, 0.3) is 5.56 Å². The van der Waals surface area contributed by atoms with E-state index in [-0.39, 0.29) is 30.3 Å². The van der Waals surface area contributed by atoms with Gasteiger partial charge in [-0.3, -0.25) is 14.3 Å². The zero-order valence-electron chi connectivity index (χ0n) is 18.9. The Hall–Kier alpha value is -4.09. The van der Waals surface area contributed by atoms with Crippen molar-refractivity contribution in [3.8, 4) is 11.5 Å². The van der Waals surface area contributed by atoms with Crippen LogP contribution in [0.3, 0.4) is 0 Å². The minimum absolute atomic E-state index is 0.0498. The molecular formula is C23H23ClN6O5. The summed E-state index contributed by atoms with van der Waals surface area (Å²) in [6, 6.07) is 13.9. The number of aliphatic hydroxyl groups excluding tert-OH is 1. The van der Waals surface area contributed by atoms with E-state index >= 15 is 0 Å². The molecule has 2 aromatic heterocycles. The second-order valence-corrected chi connectivity index (χ2v) is 8.03. The average molecular weight is 499 g/mol. The number of methoxy groups -OCH3 is 1. The molecule has 4 aromatic rings. The number of H-pyrrole nitrogens is 1. The number of aromatic nitrogens is 4. The van der Waals surface area contributed by atoms with Gasteiger partial charge in [0.1, 0.15) is 24.2 Å². The lowest BCUT2D eigenvalue weighted by atomic mass is 10.2. The number of anilines is 1. The molecule has 2 heterocycles. The predicted molar refractivity (Wildman–Crippen MR) is 133 cm³/mol. The number of aromatic amines is 1. The Bertz CT molecular complexity index is 1460. The monoisotopic (exact) mass is 498 g/mol. The zero-order valence-corrected chi connectivity index (χ0v) is 19.7. The van der Waals surface area contributed by atoms with Gasteiger partial charge in [-0.05, 0) is 54.1 Å². The molecule has 0 aliphatic carbocycles. The van der Waals surface area contributed by atoms with Gasteiger partial charge in [-0.15, -0.1) is 0 Å². The van der Waals surface area contributed by atoms with Crippen molar-refractivity contribution < 1.29 is 14.6 Å². The van der Waals surface area contributed by atoms with E-state index in [1.807, 2.05) is 12.1 Å². The van der Waals surface area contributed by atoms with E-state index in [2.05, 4.69) is 20.5 Å². The van der Waals surface area contributed by atoms with Gasteiger partial charge in [-0.25, -0.2) is 10.2 Å². The van der Waals surface area contributed by atoms with E-state index in [0.29, 0.717) is 16.5 Å². The molecule has 182 valence electrons. The number of aryl methyl sites for hydroxylation is 1. The van der Waals surface area contributed by atoms with Gasteiger partial charge in [0.05, 0.1) is 19.9 Å². The van der Waals surface area contributed by atoms with Crippen molar-refractivity contribution in [3.63, 3.8) is 0 Å². The van der Waals surface area contributed by atoms with Crippen LogP contribution >= 0.6 is 11.6 Å². The number of hydrogen-bond donors (Lipinski definition) is 3. The molecule has 2 aromatic carbocycles. The molecule has 35 heavy (non-hydrogen) atoms. The van der Waals surface area contributed by atoms with Crippen LogP contribution in [0.5, 0.6) is 11.5 Å². The summed E-state index contributed by atoms with van der Waals surface area (Å²) < 4.78 is 13.4. The molecule has 4 rings (SSSR count). The van der Waals surface area contributed by atoms with Crippen LogP contribution in [-0.2, 0) is 13.6 Å². The molecule has 1 atom stereocenters. The second-order valence-electron chi connectivity index (χ2n) is 7.60. The Morgan fingerprint density at radius 2 is 1.86 bits per heavy atom. The first kappa shape index (κ1) is 24.0. The summed E-state index contributed by atoms with van der Waals surface area (Å²) in [4.78, 5) is 31.3. The van der Waals surface area contributed by atoms with Crippen molar-refractivity contribution in [2.75, 3.05) is 19.1 Å². The standard InChI is InChI=1S/C23H23ClN6O5/c1-29-20-19(21(32)27-23(29)33)30(12-16(31)13-35-18-9-5-15(24)6-10-18)22(26-20)28-25-11-14-3-7-17(34-2)8-4-14/h3-11,16,31H,12-13H2,1-2H3,(H,26,28)(H,27,32,33)/b25-11+. The second kappa shape index (κ2) is 10.5. The van der Waals surface area contributed by atoms with Crippen molar-refractivity contribution in [2.45, 2.75) is 12.6 Å². The minimum Gasteiger partial charge on any atom is -0.497 e. The number of benzene rings is 2. The largest absolute Gasteiger partial charge is 0.497 e. The van der Waals surface area contributed by atoms with Gasteiger partial charge in [-0.1, -0.05) is 11.6 Å². The Morgan fingerprint density at radius 3 is 2.54 bits per heavy atom. The van der Waals surface area contributed by atoms with Gasteiger partial charge in [0.15, 0.2) is 11.2 Å². The van der Waals surface area contributed by atoms with Crippen LogP contribution < -0.4 is 26.1 Å². The van der Waals surface area contributed by atoms with E-state index in [4.69, 9.17) is 21.1 Å². The molecule has 0 fully saturated rings. The molecule has 11 nitrogen and oxygen atoms in total. The highest BCUT2D eigenvalue weighted by Crippen LogP contribution is 2.18. The maximum Gasteiger partial charge on any atom is 0.329 e. The van der Waals surface area contributed by atoms with Crippen molar-refractivity contribution >= 4 is 34.9 Å². The third-order valence-electron chi connectivity index (χ3n) is 5.15. The minimum atomic E-state index is -1.01. The maximum absolute atomic E-state index is 12.6. The van der Waals surface area contributed by atoms with E-state index in [1.54, 1.807) is 49.7 Å². The molecule has 0 saturated heterocycles. The Labute approximate surface area is 204 Å². The number of nitrogens with one attached hydrogen (secondary N) is 2. The Kier molecular flexibility index (Phi) is 7.18. The van der Waals surface area contributed by atoms with Gasteiger partial charge >= 0.3 is 5.69 Å². The number of nitrogens with zero attached hydrogens (tertiary/aromatic N) is 4. The number of hydrogen-bond acceptors (Lipinski definition) is 8. The number of halogens is 1. The Balaban J connectivity index is 1.59. The van der Waals surface area contributed by atoms with Crippen LogP contribution in [0.15, 0.2) is 63.2 Å². The summed E-state index contributed by atoms with van der Waals surface area (Å²) in [7, 11) is 3.07. The number of rotatable bonds is 9. The molecule has 0 spiro atoms. The van der Waals surface area contributed by atoms with Crippen LogP contribution in [-0.4, -0.2) is 50.2 Å². The topological polar surface area (TPSA) is 136 Å². The highest BCUT2D eigenvalue weighted by atomic mass is 35.5. The fourth-order valence-corrected chi connectivity index (χ4v) is 3.46. The smallest absolute Gasteiger partial charge is 0.329 e. The molecule has 12 heteroatoms. The summed E-state index contributed by atoms with van der Waals surface area (Å²) in [6.45, 7) is -0.106. The SMILES string of the molecule is COc1ccc(/C=N/Nc2nc3c(c(=O)[nH]c(=O)n3C)n2CC(O)COc2ccc(Cl)cc2)cc1. The van der Waals surface area contributed by atoms with Crippen molar-refractivity contribution in [3.05, 3.63) is 80.0 Å². The predicted octanol–water partition coefficient (Wildman–Crippen LogP) is 1.97. The number of fused-ring (bicyclic) bond motifs is 1. The van der Waals surface area contributed by atoms with Crippen LogP contribution in [0.4, 0.5) is 5.95 Å². The van der Waals surface area contributed by atoms with Crippen molar-refractivity contribution in [1.82, 2.24) is 19.1 Å². The van der Waals surface area contributed by atoms with Gasteiger partial charge < -0.3 is 19.1 Å². The number of hydrazone groups is 1.